The highest BCUT2D eigenvalue weighted by Crippen LogP contribution is 2.21. The van der Waals surface area contributed by atoms with Gasteiger partial charge in [0.05, 0.1) is 25.5 Å². The fourth-order valence-corrected chi connectivity index (χ4v) is 2.04. The number of ether oxygens (including phenoxy) is 1. The van der Waals surface area contributed by atoms with Gasteiger partial charge in [0.1, 0.15) is 5.02 Å². The minimum atomic E-state index is -0.565. The largest absolute Gasteiger partial charge is 0.467 e. The highest BCUT2D eigenvalue weighted by molar-refractivity contribution is 6.32. The predicted octanol–water partition coefficient (Wildman–Crippen LogP) is 2.54. The zero-order chi connectivity index (χ0) is 15.2. The molecule has 112 valence electrons. The van der Waals surface area contributed by atoms with Crippen molar-refractivity contribution in [3.63, 3.8) is 0 Å². The van der Waals surface area contributed by atoms with Crippen LogP contribution in [-0.2, 0) is 6.42 Å². The van der Waals surface area contributed by atoms with Crippen LogP contribution in [0, 0.1) is 0 Å². The number of aliphatic hydroxyl groups excluding tert-OH is 1. The third-order valence-electron chi connectivity index (χ3n) is 3.13. The van der Waals surface area contributed by atoms with Crippen molar-refractivity contribution < 1.29 is 9.84 Å². The number of aromatic nitrogens is 2. The number of nitrogens with zero attached hydrogens (tertiary/aromatic N) is 2. The van der Waals surface area contributed by atoms with E-state index in [4.69, 9.17) is 16.3 Å². The maximum Gasteiger partial charge on any atom is 0.318 e. The molecular weight excluding hydrogens is 290 g/mol. The first-order valence-electron chi connectivity index (χ1n) is 6.65. The van der Waals surface area contributed by atoms with Gasteiger partial charge >= 0.3 is 6.01 Å². The van der Waals surface area contributed by atoms with Gasteiger partial charge < -0.3 is 15.2 Å². The first-order chi connectivity index (χ1) is 10.1. The van der Waals surface area contributed by atoms with Crippen LogP contribution in [0.4, 0.5) is 5.82 Å². The predicted molar refractivity (Wildman–Crippen MR) is 82.8 cm³/mol. The van der Waals surface area contributed by atoms with E-state index in [1.807, 2.05) is 37.3 Å². The number of benzene rings is 1. The fraction of sp³-hybridized carbons (Fsp3) is 0.333. The topological polar surface area (TPSA) is 67.3 Å². The molecule has 2 unspecified atom stereocenters. The van der Waals surface area contributed by atoms with Gasteiger partial charge in [-0.15, -0.1) is 0 Å². The molecule has 21 heavy (non-hydrogen) atoms. The number of anilines is 1. The van der Waals surface area contributed by atoms with E-state index in [0.29, 0.717) is 17.3 Å². The zero-order valence-corrected chi connectivity index (χ0v) is 12.7. The van der Waals surface area contributed by atoms with Crippen molar-refractivity contribution in [2.75, 3.05) is 12.4 Å². The van der Waals surface area contributed by atoms with Crippen LogP contribution in [0.3, 0.4) is 0 Å². The SMILES string of the molecule is COc1ncc(Cl)c(NC(C)C(O)Cc2ccccc2)n1. The van der Waals surface area contributed by atoms with Crippen LogP contribution in [0.1, 0.15) is 12.5 Å². The summed E-state index contributed by atoms with van der Waals surface area (Å²) in [5, 5.41) is 13.7. The van der Waals surface area contributed by atoms with E-state index < -0.39 is 6.10 Å². The molecule has 6 heteroatoms. The maximum atomic E-state index is 10.3. The van der Waals surface area contributed by atoms with Crippen LogP contribution in [0.15, 0.2) is 36.5 Å². The normalized spacial score (nSPS) is 13.5. The summed E-state index contributed by atoms with van der Waals surface area (Å²) in [5.74, 6) is 0.447. The number of rotatable bonds is 6. The molecular formula is C15H18ClN3O2. The molecule has 0 saturated carbocycles. The van der Waals surface area contributed by atoms with Crippen LogP contribution in [-0.4, -0.2) is 34.3 Å². The van der Waals surface area contributed by atoms with Gasteiger partial charge in [0.25, 0.3) is 0 Å². The fourth-order valence-electron chi connectivity index (χ4n) is 1.89. The van der Waals surface area contributed by atoms with E-state index in [-0.39, 0.29) is 12.1 Å². The molecule has 1 aromatic carbocycles. The van der Waals surface area contributed by atoms with Gasteiger partial charge in [0.2, 0.25) is 0 Å². The Bertz CT molecular complexity index is 580. The average Bonchev–Trinajstić information content (AvgIpc) is 2.50. The van der Waals surface area contributed by atoms with Crippen LogP contribution < -0.4 is 10.1 Å². The Morgan fingerprint density at radius 2 is 2.05 bits per heavy atom. The van der Waals surface area contributed by atoms with Gasteiger partial charge in [0.15, 0.2) is 5.82 Å². The third-order valence-corrected chi connectivity index (χ3v) is 3.41. The minimum Gasteiger partial charge on any atom is -0.467 e. The summed E-state index contributed by atoms with van der Waals surface area (Å²) < 4.78 is 4.96. The summed E-state index contributed by atoms with van der Waals surface area (Å²) in [7, 11) is 1.49. The Hall–Kier alpha value is -1.85. The quantitative estimate of drug-likeness (QED) is 0.858. The van der Waals surface area contributed by atoms with E-state index in [1.165, 1.54) is 13.3 Å². The Morgan fingerprint density at radius 1 is 1.33 bits per heavy atom. The second-order valence-corrected chi connectivity index (χ2v) is 5.15. The van der Waals surface area contributed by atoms with E-state index in [0.717, 1.165) is 5.56 Å². The molecule has 2 rings (SSSR count). The molecule has 0 fully saturated rings. The summed E-state index contributed by atoms with van der Waals surface area (Å²) >= 11 is 6.04. The number of hydrogen-bond acceptors (Lipinski definition) is 5. The first-order valence-corrected chi connectivity index (χ1v) is 7.03. The molecule has 2 N–H and O–H groups in total. The van der Waals surface area contributed by atoms with Crippen molar-refractivity contribution in [3.05, 3.63) is 47.1 Å². The Labute approximate surface area is 129 Å². The van der Waals surface area contributed by atoms with Crippen molar-refractivity contribution in [1.82, 2.24) is 9.97 Å². The molecule has 2 atom stereocenters. The van der Waals surface area contributed by atoms with Gasteiger partial charge in [-0.1, -0.05) is 41.9 Å². The van der Waals surface area contributed by atoms with Gasteiger partial charge in [-0.3, -0.25) is 0 Å². The number of hydrogen-bond donors (Lipinski definition) is 2. The lowest BCUT2D eigenvalue weighted by molar-refractivity contribution is 0.158. The number of aliphatic hydroxyl groups is 1. The summed E-state index contributed by atoms with van der Waals surface area (Å²) in [6.07, 6.45) is 1.45. The Kier molecular flexibility index (Phi) is 5.36. The molecule has 1 heterocycles. The summed E-state index contributed by atoms with van der Waals surface area (Å²) in [6.45, 7) is 1.87. The molecule has 0 aliphatic rings. The molecule has 0 spiro atoms. The Balaban J connectivity index is 2.02. The molecule has 2 aromatic rings. The van der Waals surface area contributed by atoms with E-state index in [9.17, 15) is 5.11 Å². The van der Waals surface area contributed by atoms with Gasteiger partial charge in [-0.25, -0.2) is 4.98 Å². The molecule has 0 saturated heterocycles. The third kappa shape index (κ3) is 4.31. The first kappa shape index (κ1) is 15.5. The van der Waals surface area contributed by atoms with Gasteiger partial charge in [-0.2, -0.15) is 4.98 Å². The van der Waals surface area contributed by atoms with Gasteiger partial charge in [-0.05, 0) is 12.5 Å². The summed E-state index contributed by atoms with van der Waals surface area (Å²) in [6, 6.07) is 9.82. The number of nitrogens with one attached hydrogen (secondary N) is 1. The molecule has 0 radical (unpaired) electrons. The zero-order valence-electron chi connectivity index (χ0n) is 12.0. The lowest BCUT2D eigenvalue weighted by Crippen LogP contribution is -2.32. The van der Waals surface area contributed by atoms with Crippen LogP contribution in [0.25, 0.3) is 0 Å². The lowest BCUT2D eigenvalue weighted by atomic mass is 10.0. The standard InChI is InChI=1S/C15H18ClN3O2/c1-10(13(20)8-11-6-4-3-5-7-11)18-14-12(16)9-17-15(19-14)21-2/h3-7,9-10,13,20H,8H2,1-2H3,(H,17,18,19). The van der Waals surface area contributed by atoms with Crippen molar-refractivity contribution >= 4 is 17.4 Å². The van der Waals surface area contributed by atoms with Crippen LogP contribution in [0.5, 0.6) is 6.01 Å². The number of halogens is 1. The molecule has 0 amide bonds. The van der Waals surface area contributed by atoms with E-state index >= 15 is 0 Å². The molecule has 1 aromatic heterocycles. The summed E-state index contributed by atoms with van der Waals surface area (Å²) in [5.41, 5.74) is 1.07. The summed E-state index contributed by atoms with van der Waals surface area (Å²) in [4.78, 5) is 8.04. The smallest absolute Gasteiger partial charge is 0.318 e. The second kappa shape index (κ2) is 7.24. The van der Waals surface area contributed by atoms with Crippen molar-refractivity contribution in [2.45, 2.75) is 25.5 Å². The average molecular weight is 308 g/mol. The molecule has 5 nitrogen and oxygen atoms in total. The van der Waals surface area contributed by atoms with E-state index in [2.05, 4.69) is 15.3 Å². The lowest BCUT2D eigenvalue weighted by Gasteiger charge is -2.21. The van der Waals surface area contributed by atoms with Gasteiger partial charge in [0, 0.05) is 6.42 Å². The van der Waals surface area contributed by atoms with Crippen molar-refractivity contribution in [1.29, 1.82) is 0 Å². The maximum absolute atomic E-state index is 10.3. The number of methoxy groups -OCH3 is 1. The molecule has 0 bridgehead atoms. The highest BCUT2D eigenvalue weighted by atomic mass is 35.5. The molecule has 0 aliphatic carbocycles. The van der Waals surface area contributed by atoms with Crippen LogP contribution in [0.2, 0.25) is 5.02 Å². The molecule has 0 aliphatic heterocycles. The van der Waals surface area contributed by atoms with Crippen LogP contribution >= 0.6 is 11.6 Å². The highest BCUT2D eigenvalue weighted by Gasteiger charge is 2.17. The minimum absolute atomic E-state index is 0.220. The monoisotopic (exact) mass is 307 g/mol. The van der Waals surface area contributed by atoms with Crippen molar-refractivity contribution in [3.8, 4) is 6.01 Å². The second-order valence-electron chi connectivity index (χ2n) is 4.74. The Morgan fingerprint density at radius 3 is 2.71 bits per heavy atom. The van der Waals surface area contributed by atoms with E-state index in [1.54, 1.807) is 0 Å². The van der Waals surface area contributed by atoms with Crippen molar-refractivity contribution in [2.24, 2.45) is 0 Å².